The number of phosphoric ester groups is 1. The summed E-state index contributed by atoms with van der Waals surface area (Å²) >= 11 is 0. The predicted molar refractivity (Wildman–Crippen MR) is 330 cm³/mol. The van der Waals surface area contributed by atoms with Crippen LogP contribution in [0.15, 0.2) is 36.5 Å². The second kappa shape index (κ2) is 63.4. The van der Waals surface area contributed by atoms with Gasteiger partial charge >= 0.3 is 19.8 Å². The molecule has 0 aromatic rings. The monoisotopic (exact) mass is 1110 g/mol. The molecule has 2 unspecified atom stereocenters. The number of nitrogens with two attached hydrogens (primary N) is 1. The lowest BCUT2D eigenvalue weighted by molar-refractivity contribution is -0.161. The zero-order valence-corrected chi connectivity index (χ0v) is 51.9. The van der Waals surface area contributed by atoms with Gasteiger partial charge in [-0.15, -0.1) is 0 Å². The van der Waals surface area contributed by atoms with Crippen LogP contribution in [-0.4, -0.2) is 49.3 Å². The Bertz CT molecular complexity index is 1350. The fourth-order valence-electron chi connectivity index (χ4n) is 10.0. The lowest BCUT2D eigenvalue weighted by Crippen LogP contribution is -2.29. The molecule has 77 heavy (non-hydrogen) atoms. The molecule has 0 bridgehead atoms. The minimum atomic E-state index is -4.39. The molecule has 10 heteroatoms. The van der Waals surface area contributed by atoms with E-state index in [-0.39, 0.29) is 38.6 Å². The molecule has 0 spiro atoms. The highest BCUT2D eigenvalue weighted by atomic mass is 31.2. The molecule has 0 heterocycles. The van der Waals surface area contributed by atoms with E-state index >= 15 is 0 Å². The Morgan fingerprint density at radius 1 is 0.390 bits per heavy atom. The van der Waals surface area contributed by atoms with Crippen molar-refractivity contribution < 1.29 is 37.6 Å². The molecular formula is C67H128NO8P. The van der Waals surface area contributed by atoms with E-state index in [2.05, 4.69) is 50.3 Å². The van der Waals surface area contributed by atoms with Gasteiger partial charge in [-0.05, 0) is 70.6 Å². The maximum Gasteiger partial charge on any atom is 0.472 e. The third kappa shape index (κ3) is 63.3. The summed E-state index contributed by atoms with van der Waals surface area (Å²) in [7, 11) is -4.39. The molecule has 3 N–H and O–H groups in total. The van der Waals surface area contributed by atoms with Crippen LogP contribution in [0.4, 0.5) is 0 Å². The van der Waals surface area contributed by atoms with E-state index in [1.165, 1.54) is 263 Å². The van der Waals surface area contributed by atoms with E-state index in [0.717, 1.165) is 51.4 Å². The van der Waals surface area contributed by atoms with Crippen LogP contribution in [0.2, 0.25) is 0 Å². The van der Waals surface area contributed by atoms with Gasteiger partial charge in [0.25, 0.3) is 0 Å². The molecule has 0 saturated carbocycles. The van der Waals surface area contributed by atoms with E-state index in [0.29, 0.717) is 6.42 Å². The van der Waals surface area contributed by atoms with Crippen molar-refractivity contribution in [1.29, 1.82) is 0 Å². The van der Waals surface area contributed by atoms with E-state index in [4.69, 9.17) is 24.3 Å². The zero-order chi connectivity index (χ0) is 55.9. The van der Waals surface area contributed by atoms with Gasteiger partial charge in [0.15, 0.2) is 6.10 Å². The highest BCUT2D eigenvalue weighted by Gasteiger charge is 2.26. The molecule has 454 valence electrons. The van der Waals surface area contributed by atoms with Crippen LogP contribution in [0, 0.1) is 0 Å². The maximum atomic E-state index is 12.7. The van der Waals surface area contributed by atoms with Crippen LogP contribution >= 0.6 is 7.82 Å². The van der Waals surface area contributed by atoms with E-state index in [1.54, 1.807) is 0 Å². The molecule has 0 rings (SSSR count). The van der Waals surface area contributed by atoms with Crippen LogP contribution in [0.3, 0.4) is 0 Å². The van der Waals surface area contributed by atoms with Gasteiger partial charge < -0.3 is 20.1 Å². The molecule has 0 aliphatic heterocycles. The van der Waals surface area contributed by atoms with Crippen molar-refractivity contribution in [1.82, 2.24) is 0 Å². The van der Waals surface area contributed by atoms with Crippen molar-refractivity contribution in [2.75, 3.05) is 26.4 Å². The normalized spacial score (nSPS) is 13.1. The lowest BCUT2D eigenvalue weighted by atomic mass is 10.0. The zero-order valence-electron chi connectivity index (χ0n) is 51.0. The van der Waals surface area contributed by atoms with Crippen LogP contribution in [0.25, 0.3) is 0 Å². The number of hydrogen-bond donors (Lipinski definition) is 2. The molecule has 0 aliphatic carbocycles. The van der Waals surface area contributed by atoms with Crippen molar-refractivity contribution in [3.63, 3.8) is 0 Å². The molecule has 0 aliphatic rings. The SMILES string of the molecule is CCCCCCC/C=C\C/C=C\CCCCCCCCCCCC(=O)OC(COC(=O)CCCCCCCCCCCCCCCCCCCCCCCCC/C=C\CCCCCCCCCC)COP(=O)(O)OCCN. The second-order valence-corrected chi connectivity index (χ2v) is 24.1. The van der Waals surface area contributed by atoms with Gasteiger partial charge in [0.1, 0.15) is 6.61 Å². The first-order chi connectivity index (χ1) is 37.8. The molecule has 9 nitrogen and oxygen atoms in total. The van der Waals surface area contributed by atoms with Crippen molar-refractivity contribution in [3.8, 4) is 0 Å². The molecule has 0 fully saturated rings. The number of carbonyl (C=O) groups is 2. The summed E-state index contributed by atoms with van der Waals surface area (Å²) in [6.07, 6.45) is 78.1. The van der Waals surface area contributed by atoms with Crippen molar-refractivity contribution in [3.05, 3.63) is 36.5 Å². The van der Waals surface area contributed by atoms with Crippen molar-refractivity contribution in [2.45, 2.75) is 354 Å². The fraction of sp³-hybridized carbons (Fsp3) is 0.881. The number of esters is 2. The Labute approximate surface area is 477 Å². The van der Waals surface area contributed by atoms with E-state index in [1.807, 2.05) is 0 Å². The van der Waals surface area contributed by atoms with Gasteiger partial charge in [0.05, 0.1) is 13.2 Å². The average Bonchev–Trinajstić information content (AvgIpc) is 3.42. The van der Waals surface area contributed by atoms with Gasteiger partial charge in [0.2, 0.25) is 0 Å². The Morgan fingerprint density at radius 3 is 1.00 bits per heavy atom. The number of ether oxygens (including phenoxy) is 2. The molecule has 0 amide bonds. The van der Waals surface area contributed by atoms with Crippen LogP contribution in [0.1, 0.15) is 348 Å². The number of allylic oxidation sites excluding steroid dienone is 6. The third-order valence-electron chi connectivity index (χ3n) is 15.0. The Balaban J connectivity index is 3.81. The third-order valence-corrected chi connectivity index (χ3v) is 16.0. The average molecular weight is 1110 g/mol. The van der Waals surface area contributed by atoms with Crippen molar-refractivity contribution >= 4 is 19.8 Å². The molecule has 0 saturated heterocycles. The molecule has 2 atom stereocenters. The van der Waals surface area contributed by atoms with Gasteiger partial charge in [-0.1, -0.05) is 301 Å². The van der Waals surface area contributed by atoms with Crippen LogP contribution < -0.4 is 5.73 Å². The highest BCUT2D eigenvalue weighted by Crippen LogP contribution is 2.43. The first-order valence-corrected chi connectivity index (χ1v) is 35.0. The predicted octanol–water partition coefficient (Wildman–Crippen LogP) is 21.5. The van der Waals surface area contributed by atoms with E-state index in [9.17, 15) is 19.0 Å². The summed E-state index contributed by atoms with van der Waals surface area (Å²) in [5.74, 6) is -0.815. The second-order valence-electron chi connectivity index (χ2n) is 22.7. The number of unbranched alkanes of at least 4 members (excludes halogenated alkanes) is 45. The van der Waals surface area contributed by atoms with Gasteiger partial charge in [0, 0.05) is 19.4 Å². The number of hydrogen-bond acceptors (Lipinski definition) is 8. The summed E-state index contributed by atoms with van der Waals surface area (Å²) in [4.78, 5) is 35.3. The fourth-order valence-corrected chi connectivity index (χ4v) is 10.8. The minimum Gasteiger partial charge on any atom is -0.462 e. The van der Waals surface area contributed by atoms with Gasteiger partial charge in [-0.25, -0.2) is 4.57 Å². The molecule has 0 aromatic heterocycles. The Hall–Kier alpha value is -1.77. The first-order valence-electron chi connectivity index (χ1n) is 33.5. The minimum absolute atomic E-state index is 0.0542. The number of carbonyl (C=O) groups excluding carboxylic acids is 2. The number of phosphoric acid groups is 1. The topological polar surface area (TPSA) is 134 Å². The molecular weight excluding hydrogens is 978 g/mol. The van der Waals surface area contributed by atoms with Crippen molar-refractivity contribution in [2.24, 2.45) is 5.73 Å². The summed E-state index contributed by atoms with van der Waals surface area (Å²) < 4.78 is 33.1. The summed E-state index contributed by atoms with van der Waals surface area (Å²) in [6, 6.07) is 0. The van der Waals surface area contributed by atoms with Crippen LogP contribution in [-0.2, 0) is 32.7 Å². The molecule has 0 aromatic carbocycles. The lowest BCUT2D eigenvalue weighted by Gasteiger charge is -2.19. The Kier molecular flexibility index (Phi) is 62.0. The largest absolute Gasteiger partial charge is 0.472 e. The number of rotatable bonds is 64. The standard InChI is InChI=1S/C67H128NO8P/c1-3-5-7-9-11-13-15-17-19-21-23-25-26-27-28-29-30-31-32-33-34-35-36-37-38-40-41-43-45-47-49-51-53-55-57-59-66(69)73-63-65(64-75-77(71,72)74-62-61-68)76-67(70)60-58-56-54-52-50-48-46-44-42-39-24-22-20-18-16-14-12-10-8-6-4-2/h16,18,21-24,65H,3-15,17,19-20,25-64,68H2,1-2H3,(H,71,72)/b18-16-,23-21-,24-22-. The summed E-state index contributed by atoms with van der Waals surface area (Å²) in [5, 5.41) is 0. The highest BCUT2D eigenvalue weighted by molar-refractivity contribution is 7.47. The smallest absolute Gasteiger partial charge is 0.462 e. The maximum absolute atomic E-state index is 12.7. The van der Waals surface area contributed by atoms with E-state index < -0.39 is 26.5 Å². The quantitative estimate of drug-likeness (QED) is 0.0264. The van der Waals surface area contributed by atoms with Gasteiger partial charge in [-0.3, -0.25) is 18.6 Å². The Morgan fingerprint density at radius 2 is 0.675 bits per heavy atom. The van der Waals surface area contributed by atoms with Gasteiger partial charge in [-0.2, -0.15) is 0 Å². The first kappa shape index (κ1) is 75.2. The van der Waals surface area contributed by atoms with Crippen LogP contribution in [0.5, 0.6) is 0 Å². The summed E-state index contributed by atoms with van der Waals surface area (Å²) in [6.45, 7) is 3.79. The summed E-state index contributed by atoms with van der Waals surface area (Å²) in [5.41, 5.74) is 5.39. The molecule has 0 radical (unpaired) electrons.